The first-order valence-corrected chi connectivity index (χ1v) is 6.16. The molecule has 2 atom stereocenters. The largest absolute Gasteiger partial charge is 0.340 e. The fourth-order valence-corrected chi connectivity index (χ4v) is 2.33. The van der Waals surface area contributed by atoms with Crippen LogP contribution in [0.15, 0.2) is 18.5 Å². The average Bonchev–Trinajstić information content (AvgIpc) is 2.77. The van der Waals surface area contributed by atoms with Crippen LogP contribution in [0.1, 0.15) is 20.3 Å². The zero-order valence-electron chi connectivity index (χ0n) is 11.3. The van der Waals surface area contributed by atoms with Crippen molar-refractivity contribution in [2.45, 2.75) is 38.9 Å². The molecule has 7 heteroatoms. The zero-order chi connectivity index (χ0) is 12.3. The monoisotopic (exact) mass is 308 g/mol. The summed E-state index contributed by atoms with van der Waals surface area (Å²) in [6, 6.07) is 2.64. The van der Waals surface area contributed by atoms with Gasteiger partial charge >= 0.3 is 0 Å². The van der Waals surface area contributed by atoms with Gasteiger partial charge in [-0.3, -0.25) is 9.48 Å². The van der Waals surface area contributed by atoms with E-state index in [9.17, 15) is 4.79 Å². The molecule has 0 bridgehead atoms. The van der Waals surface area contributed by atoms with Crippen molar-refractivity contribution >= 4 is 30.7 Å². The summed E-state index contributed by atoms with van der Waals surface area (Å²) in [5.74, 6) is 0.223. The molecule has 1 aromatic rings. The maximum Gasteiger partial charge on any atom is 0.224 e. The second-order valence-electron chi connectivity index (χ2n) is 4.79. The van der Waals surface area contributed by atoms with Crippen LogP contribution < -0.4 is 5.32 Å². The number of halogens is 2. The van der Waals surface area contributed by atoms with Gasteiger partial charge in [-0.05, 0) is 19.9 Å². The van der Waals surface area contributed by atoms with Crippen LogP contribution in [0.3, 0.4) is 0 Å². The molecule has 110 valence electrons. The molecule has 2 heterocycles. The standard InChI is InChI=1S/C12H20N4O.2ClH/c1-10-8-15(9-11(2)14-10)12(17)4-7-16-6-3-5-13-16;;/h3,5-6,10-11,14H,4,7-9H2,1-2H3;2*1H. The number of rotatable bonds is 3. The smallest absolute Gasteiger partial charge is 0.224 e. The molecule has 5 nitrogen and oxygen atoms in total. The van der Waals surface area contributed by atoms with E-state index in [1.54, 1.807) is 10.9 Å². The van der Waals surface area contributed by atoms with Crippen LogP contribution in [0.5, 0.6) is 0 Å². The van der Waals surface area contributed by atoms with Crippen molar-refractivity contribution < 1.29 is 4.79 Å². The Bertz CT molecular complexity index is 362. The van der Waals surface area contributed by atoms with Crippen molar-refractivity contribution in [2.24, 2.45) is 0 Å². The van der Waals surface area contributed by atoms with E-state index in [0.717, 1.165) is 13.1 Å². The highest BCUT2D eigenvalue weighted by atomic mass is 35.5. The maximum absolute atomic E-state index is 12.0. The first-order chi connectivity index (χ1) is 8.15. The lowest BCUT2D eigenvalue weighted by Crippen LogP contribution is -2.55. The highest BCUT2D eigenvalue weighted by Crippen LogP contribution is 2.06. The Morgan fingerprint density at radius 3 is 2.47 bits per heavy atom. The second kappa shape index (κ2) is 8.40. The molecule has 1 saturated heterocycles. The Morgan fingerprint density at radius 1 is 1.32 bits per heavy atom. The van der Waals surface area contributed by atoms with E-state index in [4.69, 9.17) is 0 Å². The normalized spacial score (nSPS) is 22.3. The number of carbonyl (C=O) groups excluding carboxylic acids is 1. The summed E-state index contributed by atoms with van der Waals surface area (Å²) in [7, 11) is 0. The fourth-order valence-electron chi connectivity index (χ4n) is 2.33. The van der Waals surface area contributed by atoms with Gasteiger partial charge in [-0.25, -0.2) is 0 Å². The van der Waals surface area contributed by atoms with Gasteiger partial charge in [0.2, 0.25) is 5.91 Å². The van der Waals surface area contributed by atoms with E-state index in [0.29, 0.717) is 25.0 Å². The Kier molecular flexibility index (Phi) is 8.06. The molecule has 2 rings (SSSR count). The summed E-state index contributed by atoms with van der Waals surface area (Å²) in [4.78, 5) is 14.0. The van der Waals surface area contributed by atoms with Crippen molar-refractivity contribution in [1.82, 2.24) is 20.0 Å². The third kappa shape index (κ3) is 5.38. The predicted octanol–water partition coefficient (Wildman–Crippen LogP) is 1.33. The van der Waals surface area contributed by atoms with Gasteiger partial charge in [-0.1, -0.05) is 0 Å². The Hall–Kier alpha value is -0.780. The molecule has 0 aromatic carbocycles. The van der Waals surface area contributed by atoms with Crippen molar-refractivity contribution in [3.05, 3.63) is 18.5 Å². The number of hydrogen-bond donors (Lipinski definition) is 1. The molecule has 0 spiro atoms. The van der Waals surface area contributed by atoms with Crippen molar-refractivity contribution in [2.75, 3.05) is 13.1 Å². The molecular weight excluding hydrogens is 287 g/mol. The number of hydrogen-bond acceptors (Lipinski definition) is 3. The van der Waals surface area contributed by atoms with E-state index in [1.165, 1.54) is 0 Å². The van der Waals surface area contributed by atoms with Gasteiger partial charge in [-0.15, -0.1) is 24.8 Å². The number of piperazine rings is 1. The maximum atomic E-state index is 12.0. The third-order valence-corrected chi connectivity index (χ3v) is 3.02. The molecule has 0 saturated carbocycles. The van der Waals surface area contributed by atoms with E-state index in [2.05, 4.69) is 24.3 Å². The molecule has 1 aliphatic rings. The predicted molar refractivity (Wildman–Crippen MR) is 80.0 cm³/mol. The van der Waals surface area contributed by atoms with Crippen LogP contribution in [0.2, 0.25) is 0 Å². The summed E-state index contributed by atoms with van der Waals surface area (Å²) in [5.41, 5.74) is 0. The number of nitrogens with one attached hydrogen (secondary N) is 1. The van der Waals surface area contributed by atoms with Gasteiger partial charge in [0.25, 0.3) is 0 Å². The highest BCUT2D eigenvalue weighted by Gasteiger charge is 2.24. The van der Waals surface area contributed by atoms with Crippen LogP contribution in [-0.4, -0.2) is 45.8 Å². The Labute approximate surface area is 126 Å². The van der Waals surface area contributed by atoms with Crippen molar-refractivity contribution in [3.8, 4) is 0 Å². The molecule has 1 N–H and O–H groups in total. The average molecular weight is 309 g/mol. The van der Waals surface area contributed by atoms with Crippen LogP contribution >= 0.6 is 24.8 Å². The second-order valence-corrected chi connectivity index (χ2v) is 4.79. The summed E-state index contributed by atoms with van der Waals surface area (Å²) in [6.07, 6.45) is 4.15. The van der Waals surface area contributed by atoms with E-state index in [1.807, 2.05) is 17.2 Å². The van der Waals surface area contributed by atoms with E-state index in [-0.39, 0.29) is 30.7 Å². The first kappa shape index (κ1) is 18.2. The van der Waals surface area contributed by atoms with Crippen LogP contribution in [0, 0.1) is 0 Å². The minimum Gasteiger partial charge on any atom is -0.340 e. The molecule has 0 aliphatic carbocycles. The van der Waals surface area contributed by atoms with Gasteiger partial charge in [0, 0.05) is 50.5 Å². The summed E-state index contributed by atoms with van der Waals surface area (Å²) in [5, 5.41) is 7.52. The topological polar surface area (TPSA) is 50.2 Å². The molecule has 1 aromatic heterocycles. The Morgan fingerprint density at radius 2 is 1.95 bits per heavy atom. The lowest BCUT2D eigenvalue weighted by molar-refractivity contribution is -0.133. The van der Waals surface area contributed by atoms with Crippen LogP contribution in [-0.2, 0) is 11.3 Å². The van der Waals surface area contributed by atoms with Gasteiger partial charge in [0.15, 0.2) is 0 Å². The molecule has 1 aliphatic heterocycles. The van der Waals surface area contributed by atoms with Crippen molar-refractivity contribution in [1.29, 1.82) is 0 Å². The first-order valence-electron chi connectivity index (χ1n) is 6.16. The number of amides is 1. The Balaban J connectivity index is 0.00000162. The number of carbonyl (C=O) groups is 1. The lowest BCUT2D eigenvalue weighted by Gasteiger charge is -2.36. The summed E-state index contributed by atoms with van der Waals surface area (Å²) >= 11 is 0. The zero-order valence-corrected chi connectivity index (χ0v) is 12.9. The minimum atomic E-state index is 0. The van der Waals surface area contributed by atoms with Gasteiger partial charge < -0.3 is 10.2 Å². The van der Waals surface area contributed by atoms with Crippen LogP contribution in [0.4, 0.5) is 0 Å². The molecular formula is C12H22Cl2N4O. The number of aryl methyl sites for hydroxylation is 1. The highest BCUT2D eigenvalue weighted by molar-refractivity contribution is 5.85. The van der Waals surface area contributed by atoms with E-state index < -0.39 is 0 Å². The van der Waals surface area contributed by atoms with Crippen LogP contribution in [0.25, 0.3) is 0 Å². The van der Waals surface area contributed by atoms with Gasteiger partial charge in [-0.2, -0.15) is 5.10 Å². The van der Waals surface area contributed by atoms with E-state index >= 15 is 0 Å². The molecule has 2 unspecified atom stereocenters. The number of aromatic nitrogens is 2. The summed E-state index contributed by atoms with van der Waals surface area (Å²) in [6.45, 7) is 6.51. The number of nitrogens with zero attached hydrogens (tertiary/aromatic N) is 3. The van der Waals surface area contributed by atoms with Gasteiger partial charge in [0.05, 0.1) is 0 Å². The molecule has 1 fully saturated rings. The van der Waals surface area contributed by atoms with Gasteiger partial charge in [0.1, 0.15) is 0 Å². The summed E-state index contributed by atoms with van der Waals surface area (Å²) < 4.78 is 1.80. The quantitative estimate of drug-likeness (QED) is 0.916. The third-order valence-electron chi connectivity index (χ3n) is 3.02. The minimum absolute atomic E-state index is 0. The van der Waals surface area contributed by atoms with Crippen molar-refractivity contribution in [3.63, 3.8) is 0 Å². The molecule has 0 radical (unpaired) electrons. The molecule has 1 amide bonds. The lowest BCUT2D eigenvalue weighted by atomic mass is 10.1. The SMILES string of the molecule is CC1CN(C(=O)CCn2cccn2)CC(C)N1.Cl.Cl. The fraction of sp³-hybridized carbons (Fsp3) is 0.667. The molecule has 19 heavy (non-hydrogen) atoms.